The number of hydrogen-bond acceptors (Lipinski definition) is 7. The van der Waals surface area contributed by atoms with Crippen molar-refractivity contribution in [3.63, 3.8) is 0 Å². The van der Waals surface area contributed by atoms with E-state index in [0.29, 0.717) is 16.7 Å². The largest absolute Gasteiger partial charge is 0.426 e. The Morgan fingerprint density at radius 1 is 1.09 bits per heavy atom. The maximum absolute atomic E-state index is 12.3. The quantitative estimate of drug-likeness (QED) is 0.463. The summed E-state index contributed by atoms with van der Waals surface area (Å²) in [7, 11) is 2.05. The van der Waals surface area contributed by atoms with Crippen LogP contribution in [0.1, 0.15) is 12.5 Å². The van der Waals surface area contributed by atoms with Gasteiger partial charge in [-0.2, -0.15) is 4.98 Å². The first-order valence-electron chi connectivity index (χ1n) is 11.4. The lowest BCUT2D eigenvalue weighted by Gasteiger charge is -2.32. The smallest absolute Gasteiger partial charge is 0.302 e. The summed E-state index contributed by atoms with van der Waals surface area (Å²) in [5.41, 5.74) is 4.98. The molecule has 3 heterocycles. The molecule has 0 aliphatic carbocycles. The van der Waals surface area contributed by atoms with Crippen molar-refractivity contribution in [3.05, 3.63) is 76.8 Å². The van der Waals surface area contributed by atoms with Crippen LogP contribution in [0.2, 0.25) is 0 Å². The van der Waals surface area contributed by atoms with E-state index < -0.39 is 0 Å². The highest BCUT2D eigenvalue weighted by Gasteiger charge is 2.16. The molecule has 0 atom stereocenters. The lowest BCUT2D eigenvalue weighted by molar-refractivity contribution is 0.122. The van der Waals surface area contributed by atoms with Crippen LogP contribution >= 0.6 is 0 Å². The fourth-order valence-electron chi connectivity index (χ4n) is 4.17. The minimum Gasteiger partial charge on any atom is -0.426 e. The molecule has 8 heteroatoms. The van der Waals surface area contributed by atoms with Crippen LogP contribution in [-0.4, -0.2) is 48.3 Å². The molecule has 34 heavy (non-hydrogen) atoms. The Hall–Kier alpha value is -3.91. The van der Waals surface area contributed by atoms with Crippen LogP contribution < -0.4 is 20.1 Å². The number of nitrogens with zero attached hydrogens (tertiary/aromatic N) is 4. The number of pyridine rings is 1. The van der Waals surface area contributed by atoms with Gasteiger partial charge in [-0.05, 0) is 54.4 Å². The summed E-state index contributed by atoms with van der Waals surface area (Å²) in [5, 5.41) is 0.477. The first-order valence-corrected chi connectivity index (χ1v) is 11.4. The highest BCUT2D eigenvalue weighted by molar-refractivity contribution is 5.76. The van der Waals surface area contributed by atoms with Crippen LogP contribution in [0, 0.1) is 0 Å². The summed E-state index contributed by atoms with van der Waals surface area (Å²) in [5.74, 6) is 0.582. The number of benzene rings is 2. The number of anilines is 3. The molecular formula is C26H27N5O3. The van der Waals surface area contributed by atoms with Gasteiger partial charge in [-0.1, -0.05) is 13.0 Å². The van der Waals surface area contributed by atoms with Crippen LogP contribution in [-0.2, 0) is 11.2 Å². The lowest BCUT2D eigenvalue weighted by Crippen LogP contribution is -2.36. The molecule has 5 rings (SSSR count). The molecule has 1 saturated heterocycles. The third-order valence-electron chi connectivity index (χ3n) is 6.11. The van der Waals surface area contributed by atoms with Crippen LogP contribution in [0.5, 0.6) is 11.8 Å². The molecule has 1 N–H and O–H groups in total. The van der Waals surface area contributed by atoms with E-state index in [1.165, 1.54) is 11.3 Å². The first-order chi connectivity index (χ1) is 16.6. The molecule has 0 amide bonds. The van der Waals surface area contributed by atoms with Crippen LogP contribution in [0.3, 0.4) is 0 Å². The van der Waals surface area contributed by atoms with Gasteiger partial charge in [0, 0.05) is 43.4 Å². The van der Waals surface area contributed by atoms with E-state index in [1.807, 2.05) is 24.3 Å². The normalized spacial score (nSPS) is 13.8. The Morgan fingerprint density at radius 2 is 1.85 bits per heavy atom. The van der Waals surface area contributed by atoms with Crippen molar-refractivity contribution >= 4 is 28.0 Å². The first kappa shape index (κ1) is 21.9. The van der Waals surface area contributed by atoms with Crippen molar-refractivity contribution in [2.45, 2.75) is 13.3 Å². The molecule has 1 aliphatic rings. The number of aromatic nitrogens is 3. The second-order valence-corrected chi connectivity index (χ2v) is 8.18. The zero-order valence-electron chi connectivity index (χ0n) is 19.3. The zero-order valence-corrected chi connectivity index (χ0v) is 19.3. The summed E-state index contributed by atoms with van der Waals surface area (Å²) in [6.07, 6.45) is 4.10. The number of morpholine rings is 1. The summed E-state index contributed by atoms with van der Waals surface area (Å²) < 4.78 is 11.3. The minimum absolute atomic E-state index is 0.136. The fourth-order valence-corrected chi connectivity index (χ4v) is 4.17. The average molecular weight is 458 g/mol. The topological polar surface area (TPSA) is 83.6 Å². The Labute approximate surface area is 197 Å². The molecule has 0 bridgehead atoms. The van der Waals surface area contributed by atoms with Gasteiger partial charge in [-0.15, -0.1) is 0 Å². The van der Waals surface area contributed by atoms with E-state index in [2.05, 4.69) is 56.9 Å². The van der Waals surface area contributed by atoms with Gasteiger partial charge in [0.05, 0.1) is 30.3 Å². The van der Waals surface area contributed by atoms with E-state index in [9.17, 15) is 4.79 Å². The molecule has 174 valence electrons. The second-order valence-electron chi connectivity index (χ2n) is 8.18. The molecule has 0 saturated carbocycles. The molecule has 4 aromatic rings. The van der Waals surface area contributed by atoms with Crippen molar-refractivity contribution in [1.82, 2.24) is 15.0 Å². The molecule has 0 unspecified atom stereocenters. The van der Waals surface area contributed by atoms with Crippen LogP contribution in [0.15, 0.2) is 65.7 Å². The van der Waals surface area contributed by atoms with Gasteiger partial charge >= 0.3 is 6.01 Å². The van der Waals surface area contributed by atoms with E-state index in [-0.39, 0.29) is 11.6 Å². The predicted molar refractivity (Wildman–Crippen MR) is 134 cm³/mol. The Balaban J connectivity index is 1.36. The number of aryl methyl sites for hydroxylation is 1. The van der Waals surface area contributed by atoms with E-state index in [0.717, 1.165) is 44.1 Å². The van der Waals surface area contributed by atoms with Gasteiger partial charge < -0.3 is 19.3 Å². The van der Waals surface area contributed by atoms with Crippen molar-refractivity contribution < 1.29 is 9.47 Å². The summed E-state index contributed by atoms with van der Waals surface area (Å²) in [6, 6.07) is 16.1. The third kappa shape index (κ3) is 4.45. The molecule has 8 nitrogen and oxygen atoms in total. The molecule has 0 radical (unpaired) electrons. The number of rotatable bonds is 6. The highest BCUT2D eigenvalue weighted by Crippen LogP contribution is 2.32. The number of ether oxygens (including phenoxy) is 2. The van der Waals surface area contributed by atoms with E-state index in [4.69, 9.17) is 9.47 Å². The number of hydrogen-bond donors (Lipinski definition) is 1. The maximum Gasteiger partial charge on any atom is 0.302 e. The van der Waals surface area contributed by atoms with Gasteiger partial charge in [0.15, 0.2) is 0 Å². The van der Waals surface area contributed by atoms with Gasteiger partial charge in [0.2, 0.25) is 0 Å². The van der Waals surface area contributed by atoms with Crippen LogP contribution in [0.25, 0.3) is 10.9 Å². The van der Waals surface area contributed by atoms with Crippen molar-refractivity contribution in [3.8, 4) is 11.8 Å². The number of nitrogens with one attached hydrogen (secondary N) is 1. The summed E-state index contributed by atoms with van der Waals surface area (Å²) in [4.78, 5) is 27.8. The molecule has 0 spiro atoms. The molecule has 2 aromatic carbocycles. The Kier molecular flexibility index (Phi) is 6.14. The minimum atomic E-state index is -0.259. The van der Waals surface area contributed by atoms with Crippen LogP contribution in [0.4, 0.5) is 17.1 Å². The molecular weight excluding hydrogens is 430 g/mol. The average Bonchev–Trinajstić information content (AvgIpc) is 2.89. The van der Waals surface area contributed by atoms with Gasteiger partial charge in [0.25, 0.3) is 5.56 Å². The third-order valence-corrected chi connectivity index (χ3v) is 6.11. The standard InChI is InChI=1S/C26H27N5O3/c1-3-18-4-5-20(16-24(18)31-12-14-33-15-13-31)30(2)19-6-8-21(9-7-19)34-26-28-23-17-27-11-10-22(23)25(32)29-26/h4-11,16-17H,3,12-15H2,1-2H3,(H,28,29,32). The van der Waals surface area contributed by atoms with Gasteiger partial charge in [-0.3, -0.25) is 14.8 Å². The maximum atomic E-state index is 12.3. The monoisotopic (exact) mass is 457 g/mol. The number of fused-ring (bicyclic) bond motifs is 1. The Morgan fingerprint density at radius 3 is 2.62 bits per heavy atom. The number of aromatic amines is 1. The summed E-state index contributed by atoms with van der Waals surface area (Å²) in [6.45, 7) is 5.53. The van der Waals surface area contributed by atoms with Crippen molar-refractivity contribution in [1.29, 1.82) is 0 Å². The summed E-state index contributed by atoms with van der Waals surface area (Å²) >= 11 is 0. The van der Waals surface area contributed by atoms with E-state index >= 15 is 0 Å². The van der Waals surface area contributed by atoms with Crippen molar-refractivity contribution in [2.24, 2.45) is 0 Å². The zero-order chi connectivity index (χ0) is 23.5. The number of H-pyrrole nitrogens is 1. The SMILES string of the molecule is CCc1ccc(N(C)c2ccc(Oc3nc4cnccc4c(=O)[nH]3)cc2)cc1N1CCOCC1. The highest BCUT2D eigenvalue weighted by atomic mass is 16.5. The van der Waals surface area contributed by atoms with Crippen molar-refractivity contribution in [2.75, 3.05) is 43.2 Å². The molecule has 2 aromatic heterocycles. The van der Waals surface area contributed by atoms with Gasteiger partial charge in [0.1, 0.15) is 5.75 Å². The lowest BCUT2D eigenvalue weighted by atomic mass is 10.1. The second kappa shape index (κ2) is 9.52. The fraction of sp³-hybridized carbons (Fsp3) is 0.269. The van der Waals surface area contributed by atoms with E-state index in [1.54, 1.807) is 18.5 Å². The Bertz CT molecular complexity index is 1350. The molecule has 1 fully saturated rings. The predicted octanol–water partition coefficient (Wildman–Crippen LogP) is 4.28. The molecule has 1 aliphatic heterocycles. The van der Waals surface area contributed by atoms with Gasteiger partial charge in [-0.25, -0.2) is 0 Å².